The molecule has 37 heavy (non-hydrogen) atoms. The van der Waals surface area contributed by atoms with Crippen LogP contribution < -0.4 is 0 Å². The third kappa shape index (κ3) is 4.03. The Morgan fingerprint density at radius 2 is 1.65 bits per heavy atom. The van der Waals surface area contributed by atoms with Gasteiger partial charge in [-0.2, -0.15) is 11.8 Å². The van der Waals surface area contributed by atoms with Crippen molar-refractivity contribution in [3.05, 3.63) is 23.8 Å². The van der Waals surface area contributed by atoms with Crippen LogP contribution in [0, 0.1) is 29.6 Å². The molecule has 2 saturated carbocycles. The predicted octanol–water partition coefficient (Wildman–Crippen LogP) is 7.24. The molecule has 208 valence electrons. The fraction of sp³-hybridized carbons (Fsp3) is 0.833. The average Bonchev–Trinajstić information content (AvgIpc) is 3.25. The van der Waals surface area contributed by atoms with Crippen molar-refractivity contribution in [3.8, 4) is 0 Å². The maximum Gasteiger partial charge on any atom is 0.192 e. The predicted molar refractivity (Wildman–Crippen MR) is 159 cm³/mol. The Hall–Kier alpha value is -0.186. The topological polar surface area (TPSA) is 44.8 Å². The Morgan fingerprint density at radius 3 is 2.22 bits per heavy atom. The van der Waals surface area contributed by atoms with Crippen LogP contribution in [0.2, 0.25) is 36.3 Å². The molecule has 0 radical (unpaired) electrons. The Kier molecular flexibility index (Phi) is 6.63. The van der Waals surface area contributed by atoms with Gasteiger partial charge in [0, 0.05) is 12.5 Å². The zero-order valence-electron chi connectivity index (χ0n) is 25.1. The van der Waals surface area contributed by atoms with Crippen molar-refractivity contribution < 1.29 is 18.4 Å². The normalized spacial score (nSPS) is 40.8. The molecular weight excluding hydrogens is 513 g/mol. The van der Waals surface area contributed by atoms with Crippen LogP contribution in [0.25, 0.3) is 0 Å². The summed E-state index contributed by atoms with van der Waals surface area (Å²) in [5.41, 5.74) is 0.981. The Labute approximate surface area is 232 Å². The third-order valence-electron chi connectivity index (χ3n) is 11.7. The van der Waals surface area contributed by atoms with Crippen molar-refractivity contribution in [3.63, 3.8) is 0 Å². The fourth-order valence-electron chi connectivity index (χ4n) is 7.30. The van der Waals surface area contributed by atoms with Gasteiger partial charge in [-0.3, -0.25) is 4.79 Å². The second kappa shape index (κ2) is 8.66. The molecule has 2 aliphatic heterocycles. The van der Waals surface area contributed by atoms with Crippen LogP contribution in [0.15, 0.2) is 23.8 Å². The lowest BCUT2D eigenvalue weighted by Crippen LogP contribution is -2.68. The van der Waals surface area contributed by atoms with E-state index in [0.29, 0.717) is 18.3 Å². The molecule has 6 bridgehead atoms. The number of hydrogen-bond donors (Lipinski definition) is 0. The zero-order valence-corrected chi connectivity index (χ0v) is 27.9. The fourth-order valence-corrected chi connectivity index (χ4v) is 10.6. The van der Waals surface area contributed by atoms with Crippen LogP contribution in [-0.4, -0.2) is 58.3 Å². The molecule has 0 aromatic heterocycles. The number of thioether (sulfide) groups is 1. The molecule has 7 aliphatic rings. The van der Waals surface area contributed by atoms with E-state index < -0.39 is 22.2 Å². The van der Waals surface area contributed by atoms with Gasteiger partial charge in [0.05, 0.1) is 34.9 Å². The lowest BCUT2D eigenvalue weighted by Gasteiger charge is -2.61. The van der Waals surface area contributed by atoms with Crippen LogP contribution in [0.1, 0.15) is 54.4 Å². The van der Waals surface area contributed by atoms with Gasteiger partial charge >= 0.3 is 0 Å². The molecule has 0 aromatic rings. The molecule has 4 fully saturated rings. The minimum absolute atomic E-state index is 0.0211. The molecule has 8 atom stereocenters. The molecule has 1 spiro atoms. The summed E-state index contributed by atoms with van der Waals surface area (Å²) in [7, 11) is -3.76. The van der Waals surface area contributed by atoms with E-state index in [9.17, 15) is 4.79 Å². The lowest BCUT2D eigenvalue weighted by atomic mass is 9.53. The monoisotopic (exact) mass is 562 g/mol. The number of rotatable bonds is 7. The van der Waals surface area contributed by atoms with Crippen LogP contribution in [0.3, 0.4) is 0 Å². The van der Waals surface area contributed by atoms with Gasteiger partial charge in [-0.05, 0) is 72.8 Å². The van der Waals surface area contributed by atoms with Gasteiger partial charge < -0.3 is 13.6 Å². The Morgan fingerprint density at radius 1 is 1.03 bits per heavy atom. The summed E-state index contributed by atoms with van der Waals surface area (Å²) in [5, 5.41) is 0.354. The van der Waals surface area contributed by atoms with Crippen LogP contribution in [0.4, 0.5) is 0 Å². The summed E-state index contributed by atoms with van der Waals surface area (Å²) in [6.07, 6.45) is 11.2. The first-order chi connectivity index (χ1) is 16.9. The van der Waals surface area contributed by atoms with E-state index in [1.54, 1.807) is 0 Å². The minimum atomic E-state index is -1.90. The van der Waals surface area contributed by atoms with E-state index in [4.69, 9.17) is 13.6 Å². The molecule has 0 aromatic carbocycles. The van der Waals surface area contributed by atoms with Crippen molar-refractivity contribution >= 4 is 34.2 Å². The molecule has 7 heteroatoms. The highest BCUT2D eigenvalue weighted by Crippen LogP contribution is 2.69. The summed E-state index contributed by atoms with van der Waals surface area (Å²) in [4.78, 5) is 13.9. The highest BCUT2D eigenvalue weighted by molar-refractivity contribution is 8.00. The van der Waals surface area contributed by atoms with Crippen molar-refractivity contribution in [1.29, 1.82) is 0 Å². The molecule has 0 amide bonds. The summed E-state index contributed by atoms with van der Waals surface area (Å²) >= 11 is 1.95. The van der Waals surface area contributed by atoms with E-state index in [1.165, 1.54) is 5.57 Å². The smallest absolute Gasteiger partial charge is 0.192 e. The van der Waals surface area contributed by atoms with Crippen LogP contribution in [-0.2, 0) is 18.4 Å². The van der Waals surface area contributed by atoms with Gasteiger partial charge in [0.2, 0.25) is 0 Å². The van der Waals surface area contributed by atoms with Gasteiger partial charge in [0.1, 0.15) is 5.78 Å². The third-order valence-corrected chi connectivity index (χ3v) is 22.1. The first-order valence-electron chi connectivity index (χ1n) is 14.3. The summed E-state index contributed by atoms with van der Waals surface area (Å²) in [6.45, 7) is 24.6. The van der Waals surface area contributed by atoms with Crippen molar-refractivity contribution in [1.82, 2.24) is 0 Å². The minimum Gasteiger partial charge on any atom is -0.415 e. The van der Waals surface area contributed by atoms with Crippen molar-refractivity contribution in [2.24, 2.45) is 29.6 Å². The maximum absolute atomic E-state index is 13.9. The summed E-state index contributed by atoms with van der Waals surface area (Å²) in [6, 6.07) is 0. The number of carbonyl (C=O) groups is 1. The number of fused-ring (bicyclic) bond motifs is 2. The van der Waals surface area contributed by atoms with E-state index in [1.807, 2.05) is 11.8 Å². The van der Waals surface area contributed by atoms with E-state index >= 15 is 0 Å². The van der Waals surface area contributed by atoms with Crippen LogP contribution >= 0.6 is 11.8 Å². The first kappa shape index (κ1) is 28.3. The maximum atomic E-state index is 13.9. The molecule has 0 N–H and O–H groups in total. The first-order valence-corrected chi connectivity index (χ1v) is 21.4. The molecule has 7 rings (SSSR count). The van der Waals surface area contributed by atoms with E-state index in [0.717, 1.165) is 19.4 Å². The van der Waals surface area contributed by atoms with Gasteiger partial charge in [-0.15, -0.1) is 0 Å². The lowest BCUT2D eigenvalue weighted by molar-refractivity contribution is -0.234. The number of hydrogen-bond acceptors (Lipinski definition) is 5. The summed E-state index contributed by atoms with van der Waals surface area (Å²) in [5.74, 6) is 1.16. The molecule has 0 unspecified atom stereocenters. The summed E-state index contributed by atoms with van der Waals surface area (Å²) < 4.78 is 20.6. The second-order valence-electron chi connectivity index (χ2n) is 15.5. The second-order valence-corrected chi connectivity index (χ2v) is 26.3. The number of Topliss-reactive ketones (excluding diaryl/α,β-unsaturated/α-hetero) is 1. The number of ketones is 1. The van der Waals surface area contributed by atoms with Gasteiger partial charge in [0.25, 0.3) is 0 Å². The quantitative estimate of drug-likeness (QED) is 0.242. The SMILES string of the molecule is CS[C@@]1(CO[Si](C)(C)C(C)(C)C)[C@H]2C=C[C@H]1[C@]1(C2)O[C@H]2C[C@H]3C(CO[Si](C)(C)C(C)(C)C)=C[C@H]2C(=O)[C@H]31. The van der Waals surface area contributed by atoms with Crippen molar-refractivity contribution in [2.75, 3.05) is 19.5 Å². The largest absolute Gasteiger partial charge is 0.415 e. The average molecular weight is 563 g/mol. The van der Waals surface area contributed by atoms with Crippen molar-refractivity contribution in [2.45, 2.75) is 107 Å². The number of carbonyl (C=O) groups excluding carboxylic acids is 1. The Bertz CT molecular complexity index is 1020. The van der Waals surface area contributed by atoms with Gasteiger partial charge in [-0.1, -0.05) is 59.8 Å². The van der Waals surface area contributed by atoms with E-state index in [-0.39, 0.29) is 44.6 Å². The molecule has 2 heterocycles. The van der Waals surface area contributed by atoms with Gasteiger partial charge in [0.15, 0.2) is 16.6 Å². The van der Waals surface area contributed by atoms with Gasteiger partial charge in [-0.25, -0.2) is 0 Å². The Balaban J connectivity index is 1.42. The standard InChI is InChI=1S/C30H50O4SSi2/c1-27(2,3)36(8,9)32-17-19-14-22-23-15-21(19)25(26(22)31)29(34-23)16-20-12-13-24(29)30(20,35-7)18-33-37(10,11)28(4,5)6/h12-14,20-25H,15-18H2,1-11H3/t20-,21-,22+,23-,24-,25-,29-,30-/m0/s1. The van der Waals surface area contributed by atoms with E-state index in [2.05, 4.69) is 92.2 Å². The molecular formula is C30H50O4SSi2. The zero-order chi connectivity index (χ0) is 27.4. The highest BCUT2D eigenvalue weighted by Gasteiger charge is 2.74. The molecule has 5 aliphatic carbocycles. The highest BCUT2D eigenvalue weighted by atomic mass is 32.2. The van der Waals surface area contributed by atoms with Crippen LogP contribution in [0.5, 0.6) is 0 Å². The number of allylic oxidation sites excluding steroid dienone is 1. The molecule has 2 saturated heterocycles. The number of ether oxygens (including phenoxy) is 1. The molecule has 4 nitrogen and oxygen atoms in total.